The maximum Gasteiger partial charge on any atom is 0.185 e. The second-order valence-corrected chi connectivity index (χ2v) is 6.88. The Balaban J connectivity index is 1.75. The molecule has 0 aliphatic carbocycles. The molecule has 0 heterocycles. The zero-order valence-corrected chi connectivity index (χ0v) is 17.7. The zero-order chi connectivity index (χ0) is 21.3. The molecule has 0 radical (unpaired) electrons. The molecule has 0 saturated heterocycles. The lowest BCUT2D eigenvalue weighted by Gasteiger charge is -2.14. The van der Waals surface area contributed by atoms with Crippen LogP contribution >= 0.6 is 11.6 Å². The highest BCUT2D eigenvalue weighted by atomic mass is 35.5. The molecule has 5 heteroatoms. The van der Waals surface area contributed by atoms with E-state index in [1.165, 1.54) is 0 Å². The number of allylic oxidation sites excluding steroid dienone is 1. The fourth-order valence-corrected chi connectivity index (χ4v) is 3.02. The number of hydrogen-bond acceptors (Lipinski definition) is 4. The van der Waals surface area contributed by atoms with Crippen molar-refractivity contribution in [1.29, 1.82) is 0 Å². The maximum atomic E-state index is 12.4. The van der Waals surface area contributed by atoms with Crippen LogP contribution in [0.4, 0.5) is 0 Å². The van der Waals surface area contributed by atoms with Gasteiger partial charge >= 0.3 is 0 Å². The van der Waals surface area contributed by atoms with Gasteiger partial charge in [0.15, 0.2) is 17.3 Å². The monoisotopic (exact) mass is 422 g/mol. The molecule has 0 bridgehead atoms. The van der Waals surface area contributed by atoms with Crippen molar-refractivity contribution in [2.75, 3.05) is 13.7 Å². The number of ketones is 1. The lowest BCUT2D eigenvalue weighted by Crippen LogP contribution is -2.01. The normalized spacial score (nSPS) is 10.8. The van der Waals surface area contributed by atoms with E-state index in [9.17, 15) is 4.79 Å². The molecule has 30 heavy (non-hydrogen) atoms. The van der Waals surface area contributed by atoms with Crippen molar-refractivity contribution in [2.24, 2.45) is 0 Å². The van der Waals surface area contributed by atoms with Gasteiger partial charge in [0.1, 0.15) is 12.4 Å². The van der Waals surface area contributed by atoms with Crippen LogP contribution in [0.5, 0.6) is 17.2 Å². The van der Waals surface area contributed by atoms with Crippen molar-refractivity contribution in [1.82, 2.24) is 0 Å². The first-order valence-corrected chi connectivity index (χ1v) is 9.98. The van der Waals surface area contributed by atoms with E-state index >= 15 is 0 Å². The minimum absolute atomic E-state index is 0.0917. The Kier molecular flexibility index (Phi) is 7.52. The highest BCUT2D eigenvalue weighted by Gasteiger charge is 2.09. The Morgan fingerprint density at radius 2 is 1.63 bits per heavy atom. The van der Waals surface area contributed by atoms with Crippen LogP contribution in [0.3, 0.4) is 0 Å². The molecule has 154 valence electrons. The van der Waals surface area contributed by atoms with E-state index in [1.54, 1.807) is 43.5 Å². The van der Waals surface area contributed by atoms with Gasteiger partial charge in [-0.15, -0.1) is 0 Å². The van der Waals surface area contributed by atoms with Crippen molar-refractivity contribution in [3.63, 3.8) is 0 Å². The first-order chi connectivity index (χ1) is 14.6. The number of para-hydroxylation sites is 2. The molecule has 0 aliphatic heterocycles. The molecule has 3 aromatic carbocycles. The minimum Gasteiger partial charge on any atom is -0.496 e. The summed E-state index contributed by atoms with van der Waals surface area (Å²) in [5, 5.41) is 0.598. The second-order valence-electron chi connectivity index (χ2n) is 6.44. The Bertz CT molecular complexity index is 1030. The first kappa shape index (κ1) is 21.5. The molecule has 3 aromatic rings. The van der Waals surface area contributed by atoms with Gasteiger partial charge in [0, 0.05) is 16.1 Å². The van der Waals surface area contributed by atoms with Crippen LogP contribution in [0.15, 0.2) is 72.8 Å². The number of ether oxygens (including phenoxy) is 3. The van der Waals surface area contributed by atoms with Gasteiger partial charge in [-0.25, -0.2) is 0 Å². The number of rotatable bonds is 9. The average molecular weight is 423 g/mol. The maximum absolute atomic E-state index is 12.4. The van der Waals surface area contributed by atoms with E-state index in [1.807, 2.05) is 49.4 Å². The van der Waals surface area contributed by atoms with Crippen molar-refractivity contribution in [2.45, 2.75) is 13.5 Å². The third kappa shape index (κ3) is 5.65. The van der Waals surface area contributed by atoms with Gasteiger partial charge in [0.05, 0.1) is 13.7 Å². The fourth-order valence-electron chi connectivity index (χ4n) is 2.90. The van der Waals surface area contributed by atoms with Gasteiger partial charge in [0.25, 0.3) is 0 Å². The number of hydrogen-bond donors (Lipinski definition) is 0. The van der Waals surface area contributed by atoms with E-state index < -0.39 is 0 Å². The van der Waals surface area contributed by atoms with Crippen LogP contribution < -0.4 is 14.2 Å². The summed E-state index contributed by atoms with van der Waals surface area (Å²) < 4.78 is 17.0. The van der Waals surface area contributed by atoms with Crippen LogP contribution in [0.2, 0.25) is 5.02 Å². The summed E-state index contributed by atoms with van der Waals surface area (Å²) >= 11 is 5.88. The van der Waals surface area contributed by atoms with Crippen LogP contribution in [-0.2, 0) is 6.61 Å². The largest absolute Gasteiger partial charge is 0.496 e. The predicted molar refractivity (Wildman–Crippen MR) is 120 cm³/mol. The summed E-state index contributed by atoms with van der Waals surface area (Å²) in [6.45, 7) is 2.80. The third-order valence-corrected chi connectivity index (χ3v) is 4.64. The summed E-state index contributed by atoms with van der Waals surface area (Å²) in [5.74, 6) is 1.99. The van der Waals surface area contributed by atoms with E-state index in [0.717, 1.165) is 11.1 Å². The van der Waals surface area contributed by atoms with Gasteiger partial charge in [-0.3, -0.25) is 4.79 Å². The smallest absolute Gasteiger partial charge is 0.185 e. The lowest BCUT2D eigenvalue weighted by molar-refractivity contribution is 0.104. The zero-order valence-electron chi connectivity index (χ0n) is 16.9. The highest BCUT2D eigenvalue weighted by Crippen LogP contribution is 2.29. The predicted octanol–water partition coefficient (Wildman–Crippen LogP) is 6.22. The van der Waals surface area contributed by atoms with Crippen LogP contribution in [-0.4, -0.2) is 19.5 Å². The van der Waals surface area contributed by atoms with Crippen molar-refractivity contribution in [3.8, 4) is 17.2 Å². The van der Waals surface area contributed by atoms with Gasteiger partial charge in [-0.1, -0.05) is 35.9 Å². The van der Waals surface area contributed by atoms with Gasteiger partial charge in [-0.2, -0.15) is 0 Å². The molecule has 0 spiro atoms. The van der Waals surface area contributed by atoms with Gasteiger partial charge in [0.2, 0.25) is 0 Å². The molecule has 0 aromatic heterocycles. The molecule has 3 rings (SSSR count). The van der Waals surface area contributed by atoms with E-state index in [2.05, 4.69) is 0 Å². The molecule has 0 N–H and O–H groups in total. The number of carbonyl (C=O) groups excluding carboxylic acids is 1. The van der Waals surface area contributed by atoms with E-state index in [0.29, 0.717) is 41.0 Å². The standard InChI is InChI=1S/C25H23ClO4/c1-3-29-24-6-4-5-7-25(24)30-17-20-16-18(9-15-23(20)28-2)8-14-22(27)19-10-12-21(26)13-11-19/h4-16H,3,17H2,1-2H3/b14-8+. The van der Waals surface area contributed by atoms with Crippen LogP contribution in [0.25, 0.3) is 6.08 Å². The molecule has 0 saturated carbocycles. The third-order valence-electron chi connectivity index (χ3n) is 4.39. The van der Waals surface area contributed by atoms with Crippen molar-refractivity contribution >= 4 is 23.5 Å². The Labute approximate surface area is 181 Å². The SMILES string of the molecule is CCOc1ccccc1OCc1cc(/C=C/C(=O)c2ccc(Cl)cc2)ccc1OC. The lowest BCUT2D eigenvalue weighted by atomic mass is 10.1. The van der Waals surface area contributed by atoms with Crippen LogP contribution in [0.1, 0.15) is 28.4 Å². The number of carbonyl (C=O) groups is 1. The number of benzene rings is 3. The highest BCUT2D eigenvalue weighted by molar-refractivity contribution is 6.30. The summed E-state index contributed by atoms with van der Waals surface area (Å²) in [6, 6.07) is 20.0. The molecule has 4 nitrogen and oxygen atoms in total. The van der Waals surface area contributed by atoms with Gasteiger partial charge in [-0.05, 0) is 67.1 Å². The average Bonchev–Trinajstić information content (AvgIpc) is 2.77. The number of methoxy groups -OCH3 is 1. The van der Waals surface area contributed by atoms with Crippen molar-refractivity contribution < 1.29 is 19.0 Å². The Morgan fingerprint density at radius 3 is 2.30 bits per heavy atom. The summed E-state index contributed by atoms with van der Waals surface area (Å²) in [6.07, 6.45) is 3.31. The molecule has 0 fully saturated rings. The van der Waals surface area contributed by atoms with E-state index in [4.69, 9.17) is 25.8 Å². The van der Waals surface area contributed by atoms with Gasteiger partial charge < -0.3 is 14.2 Å². The Hall–Kier alpha value is -3.24. The molecule has 0 atom stereocenters. The number of halogens is 1. The fraction of sp³-hybridized carbons (Fsp3) is 0.160. The summed E-state index contributed by atoms with van der Waals surface area (Å²) in [5.41, 5.74) is 2.32. The van der Waals surface area contributed by atoms with E-state index in [-0.39, 0.29) is 5.78 Å². The second kappa shape index (κ2) is 10.5. The first-order valence-electron chi connectivity index (χ1n) is 9.60. The molecule has 0 aliphatic rings. The molecule has 0 unspecified atom stereocenters. The topological polar surface area (TPSA) is 44.8 Å². The molecule has 0 amide bonds. The summed E-state index contributed by atoms with van der Waals surface area (Å²) in [7, 11) is 1.62. The molecular formula is C25H23ClO4. The van der Waals surface area contributed by atoms with Crippen LogP contribution in [0, 0.1) is 0 Å². The summed E-state index contributed by atoms with van der Waals surface area (Å²) in [4.78, 5) is 12.4. The van der Waals surface area contributed by atoms with Crippen molar-refractivity contribution in [3.05, 3.63) is 94.5 Å². The minimum atomic E-state index is -0.0917. The quantitative estimate of drug-likeness (QED) is 0.303. The molecular weight excluding hydrogens is 400 g/mol. The Morgan fingerprint density at radius 1 is 0.933 bits per heavy atom.